The third-order valence-corrected chi connectivity index (χ3v) is 9.87. The molecular formula is C35H55N11O11. The molecule has 7 amide bonds. The zero-order chi connectivity index (χ0) is 42.2. The Morgan fingerprint density at radius 2 is 1.44 bits per heavy atom. The number of hydrogen-bond donors (Lipinski definition) is 10. The van der Waals surface area contributed by atoms with Crippen LogP contribution in [0.2, 0.25) is 0 Å². The van der Waals surface area contributed by atoms with E-state index in [0.717, 1.165) is 0 Å². The number of unbranched alkanes of at least 4 members (excludes halogenated alkanes) is 1. The number of carboxylic acid groups (broad SMARTS) is 2. The normalized spacial score (nSPS) is 19.1. The van der Waals surface area contributed by atoms with Gasteiger partial charge < -0.3 is 63.5 Å². The number of nitrogens with zero attached hydrogens (tertiary/aromatic N) is 3. The number of primary amides is 1. The zero-order valence-corrected chi connectivity index (χ0v) is 31.9. The highest BCUT2D eigenvalue weighted by Crippen LogP contribution is 2.26. The van der Waals surface area contributed by atoms with Gasteiger partial charge >= 0.3 is 11.9 Å². The molecule has 3 heterocycles. The van der Waals surface area contributed by atoms with Gasteiger partial charge in [0.15, 0.2) is 0 Å². The number of likely N-dealkylation sites (tertiary alicyclic amines) is 2. The van der Waals surface area contributed by atoms with Crippen molar-refractivity contribution in [1.29, 1.82) is 0 Å². The third kappa shape index (κ3) is 13.8. The molecule has 7 atom stereocenters. The van der Waals surface area contributed by atoms with Crippen LogP contribution in [0.25, 0.3) is 0 Å². The number of carbonyl (C=O) groups is 9. The lowest BCUT2D eigenvalue weighted by Crippen LogP contribution is -2.59. The standard InChI is InChI=1S/C35H55N11O11/c1-19(41-29(50)21(37)16-20-17-39-18-40-20)33(54)46-15-5-8-26(46)34(55)45-14-4-7-25(45)32(53)43-23(10-12-28(48)49)30(51)42-22(9-11-27(38)47)31(52)44-24(35(56)57)6-2-3-13-36/h17-19,21-26H,2-16,36-37H2,1H3,(H2,38,47)(H,39,40)(H,41,50)(H,42,51)(H,43,53)(H,44,52)(H,48,49)(H,56,57)/t19-,21-,22-,23-,24-,25-,26-/m0/s1. The Hall–Kier alpha value is -5.64. The quantitative estimate of drug-likeness (QED) is 0.0482. The van der Waals surface area contributed by atoms with Gasteiger partial charge in [-0.15, -0.1) is 0 Å². The van der Waals surface area contributed by atoms with E-state index >= 15 is 0 Å². The monoisotopic (exact) mass is 805 g/mol. The molecule has 22 heteroatoms. The van der Waals surface area contributed by atoms with Crippen molar-refractivity contribution in [1.82, 2.24) is 41.0 Å². The largest absolute Gasteiger partial charge is 0.481 e. The first-order valence-electron chi connectivity index (χ1n) is 19.0. The van der Waals surface area contributed by atoms with Gasteiger partial charge in [-0.25, -0.2) is 9.78 Å². The Labute approximate surface area is 328 Å². The minimum atomic E-state index is -1.52. The summed E-state index contributed by atoms with van der Waals surface area (Å²) in [5, 5.41) is 28.8. The lowest BCUT2D eigenvalue weighted by atomic mass is 10.0. The number of aromatic nitrogens is 2. The fourth-order valence-electron chi connectivity index (χ4n) is 6.79. The van der Waals surface area contributed by atoms with Gasteiger partial charge in [0, 0.05) is 44.2 Å². The molecule has 2 saturated heterocycles. The van der Waals surface area contributed by atoms with E-state index in [1.165, 1.54) is 29.2 Å². The summed E-state index contributed by atoms with van der Waals surface area (Å²) in [5.74, 6) is -7.76. The second kappa shape index (κ2) is 22.2. The van der Waals surface area contributed by atoms with Crippen LogP contribution in [0.4, 0.5) is 0 Å². The van der Waals surface area contributed by atoms with Crippen LogP contribution in [0.3, 0.4) is 0 Å². The molecule has 1 aromatic rings. The Morgan fingerprint density at radius 1 is 0.825 bits per heavy atom. The van der Waals surface area contributed by atoms with E-state index in [2.05, 4.69) is 31.2 Å². The summed E-state index contributed by atoms with van der Waals surface area (Å²) in [6, 6.07) is -8.37. The molecule has 0 unspecified atom stereocenters. The number of hydrogen-bond acceptors (Lipinski definition) is 12. The van der Waals surface area contributed by atoms with Crippen LogP contribution >= 0.6 is 0 Å². The van der Waals surface area contributed by atoms with E-state index < -0.39 is 108 Å². The Morgan fingerprint density at radius 3 is 2.04 bits per heavy atom. The van der Waals surface area contributed by atoms with Gasteiger partial charge in [0.2, 0.25) is 41.4 Å². The van der Waals surface area contributed by atoms with Gasteiger partial charge in [0.25, 0.3) is 0 Å². The molecule has 3 rings (SSSR count). The summed E-state index contributed by atoms with van der Waals surface area (Å²) in [4.78, 5) is 125. The number of carbonyl (C=O) groups excluding carboxylic acids is 7. The molecule has 2 aliphatic rings. The summed E-state index contributed by atoms with van der Waals surface area (Å²) in [7, 11) is 0. The fraction of sp³-hybridized carbons (Fsp3) is 0.657. The molecular weight excluding hydrogens is 750 g/mol. The van der Waals surface area contributed by atoms with Crippen LogP contribution < -0.4 is 38.5 Å². The van der Waals surface area contributed by atoms with Gasteiger partial charge in [-0.05, 0) is 71.3 Å². The van der Waals surface area contributed by atoms with Crippen molar-refractivity contribution in [2.45, 2.75) is 126 Å². The van der Waals surface area contributed by atoms with E-state index in [-0.39, 0.29) is 45.2 Å². The first kappa shape index (κ1) is 45.7. The minimum Gasteiger partial charge on any atom is -0.481 e. The van der Waals surface area contributed by atoms with Crippen molar-refractivity contribution < 1.29 is 53.4 Å². The molecule has 2 aliphatic heterocycles. The number of nitrogens with one attached hydrogen (secondary N) is 5. The first-order chi connectivity index (χ1) is 27.0. The Balaban J connectivity index is 1.70. The highest BCUT2D eigenvalue weighted by molar-refractivity contribution is 5.97. The van der Waals surface area contributed by atoms with Crippen molar-refractivity contribution in [3.63, 3.8) is 0 Å². The topological polar surface area (TPSA) is 355 Å². The van der Waals surface area contributed by atoms with E-state index in [1.807, 2.05) is 0 Å². The average Bonchev–Trinajstić information content (AvgIpc) is 3.96. The fourth-order valence-corrected chi connectivity index (χ4v) is 6.79. The van der Waals surface area contributed by atoms with Crippen molar-refractivity contribution in [2.75, 3.05) is 19.6 Å². The molecule has 0 aliphatic carbocycles. The molecule has 0 radical (unpaired) electrons. The van der Waals surface area contributed by atoms with Crippen molar-refractivity contribution in [3.8, 4) is 0 Å². The molecule has 13 N–H and O–H groups in total. The van der Waals surface area contributed by atoms with Crippen LogP contribution in [0.5, 0.6) is 0 Å². The first-order valence-corrected chi connectivity index (χ1v) is 19.0. The molecule has 0 spiro atoms. The minimum absolute atomic E-state index is 0.0348. The second-order valence-corrected chi connectivity index (χ2v) is 14.2. The zero-order valence-electron chi connectivity index (χ0n) is 31.9. The van der Waals surface area contributed by atoms with Crippen LogP contribution in [0.1, 0.15) is 83.2 Å². The lowest BCUT2D eigenvalue weighted by molar-refractivity contribution is -0.148. The van der Waals surface area contributed by atoms with Crippen LogP contribution in [-0.4, -0.2) is 145 Å². The molecule has 57 heavy (non-hydrogen) atoms. The number of amides is 7. The molecule has 0 bridgehead atoms. The van der Waals surface area contributed by atoms with Gasteiger partial charge in [0.05, 0.1) is 12.4 Å². The number of aliphatic carboxylic acids is 2. The highest BCUT2D eigenvalue weighted by atomic mass is 16.4. The number of nitrogens with two attached hydrogens (primary N) is 3. The van der Waals surface area contributed by atoms with Crippen molar-refractivity contribution >= 4 is 53.3 Å². The van der Waals surface area contributed by atoms with Gasteiger partial charge in [-0.1, -0.05) is 0 Å². The number of rotatable bonds is 23. The van der Waals surface area contributed by atoms with E-state index in [4.69, 9.17) is 17.2 Å². The molecule has 0 aromatic carbocycles. The average molecular weight is 806 g/mol. The summed E-state index contributed by atoms with van der Waals surface area (Å²) in [5.41, 5.74) is 17.4. The molecule has 0 saturated carbocycles. The second-order valence-electron chi connectivity index (χ2n) is 14.2. The SMILES string of the molecule is C[C@H](NC(=O)[C@@H](N)Cc1cnc[nH]1)C(=O)N1CCC[C@H]1C(=O)N1CCC[C@H]1C(=O)N[C@@H](CCC(=O)O)C(=O)N[C@@H](CCC(N)=O)C(=O)N[C@@H](CCCCN)C(=O)O. The van der Waals surface area contributed by atoms with Gasteiger partial charge in [-0.3, -0.25) is 38.4 Å². The van der Waals surface area contributed by atoms with Crippen LogP contribution in [0.15, 0.2) is 12.5 Å². The molecule has 316 valence electrons. The van der Waals surface area contributed by atoms with Crippen LogP contribution in [0, 0.1) is 0 Å². The van der Waals surface area contributed by atoms with E-state index in [9.17, 15) is 53.4 Å². The summed E-state index contributed by atoms with van der Waals surface area (Å²) in [6.07, 6.45) is 3.71. The summed E-state index contributed by atoms with van der Waals surface area (Å²) < 4.78 is 0. The smallest absolute Gasteiger partial charge is 0.326 e. The van der Waals surface area contributed by atoms with E-state index in [0.29, 0.717) is 44.3 Å². The van der Waals surface area contributed by atoms with Gasteiger partial charge in [-0.2, -0.15) is 0 Å². The Bertz CT molecular complexity index is 1610. The van der Waals surface area contributed by atoms with E-state index in [1.54, 1.807) is 0 Å². The van der Waals surface area contributed by atoms with Crippen molar-refractivity contribution in [3.05, 3.63) is 18.2 Å². The van der Waals surface area contributed by atoms with Crippen LogP contribution in [-0.2, 0) is 49.6 Å². The summed E-state index contributed by atoms with van der Waals surface area (Å²) in [6.45, 7) is 2.16. The van der Waals surface area contributed by atoms with Crippen molar-refractivity contribution in [2.24, 2.45) is 17.2 Å². The summed E-state index contributed by atoms with van der Waals surface area (Å²) >= 11 is 0. The maximum Gasteiger partial charge on any atom is 0.326 e. The number of carboxylic acids is 2. The number of aromatic amines is 1. The predicted molar refractivity (Wildman–Crippen MR) is 199 cm³/mol. The maximum absolute atomic E-state index is 14.0. The lowest BCUT2D eigenvalue weighted by Gasteiger charge is -2.33. The number of imidazole rings is 1. The third-order valence-electron chi connectivity index (χ3n) is 9.87. The maximum atomic E-state index is 14.0. The molecule has 22 nitrogen and oxygen atoms in total. The molecule has 1 aromatic heterocycles. The van der Waals surface area contributed by atoms with Gasteiger partial charge in [0.1, 0.15) is 36.3 Å². The highest BCUT2D eigenvalue weighted by Gasteiger charge is 2.44. The Kier molecular flexibility index (Phi) is 17.8. The number of H-pyrrole nitrogens is 1. The molecule has 2 fully saturated rings. The predicted octanol–water partition coefficient (Wildman–Crippen LogP) is -3.44.